The topological polar surface area (TPSA) is 24.6 Å². The van der Waals surface area contributed by atoms with Gasteiger partial charge in [0, 0.05) is 53.4 Å². The van der Waals surface area contributed by atoms with E-state index in [0.29, 0.717) is 0 Å². The Kier molecular flexibility index (Phi) is 2.98. The van der Waals surface area contributed by atoms with Crippen LogP contribution < -0.4 is 26.4 Å². The maximum Gasteiger partial charge on any atom is 0.297 e. The standard InChI is InChI=1S/C49H34BN3OS/c1-27-23-39-44-40(24-27)53-37-16-9-13-32-30-11-5-7-15-36(30)52(45(32)37)38-17-10-14-35(47(38)53)50(44)48-46(34-25-28(49(2,3)4)19-21-41(34)54-48)51(39)29-20-22-43-33(26-29)31-12-6-8-18-42(31)55-43/h5-26H,1-4H3/i5D,6D,7D,8D,9D,10D,11D,12D,13D,14D,15D,16D,17D,18D,19D,20D,21D,22D,23D,24D,25D,26D. The molecule has 6 heteroatoms. The first kappa shape index (κ1) is 16.2. The van der Waals surface area contributed by atoms with E-state index in [1.54, 1.807) is 20.8 Å². The molecule has 55 heavy (non-hydrogen) atoms. The second-order valence-electron chi connectivity index (χ2n) is 14.8. The number of furan rings is 1. The quantitative estimate of drug-likeness (QED) is 0.156. The molecular weight excluding hydrogens is 689 g/mol. The third-order valence-electron chi connectivity index (χ3n) is 10.7. The van der Waals surface area contributed by atoms with Gasteiger partial charge in [-0.2, -0.15) is 0 Å². The molecule has 0 saturated carbocycles. The maximum absolute atomic E-state index is 10.2. The number of benzene rings is 7. The van der Waals surface area contributed by atoms with E-state index in [4.69, 9.17) is 12.6 Å². The van der Waals surface area contributed by atoms with Crippen LogP contribution in [0.3, 0.4) is 0 Å². The number of rotatable bonds is 1. The van der Waals surface area contributed by atoms with Crippen LogP contribution in [-0.2, 0) is 5.41 Å². The fourth-order valence-corrected chi connectivity index (χ4v) is 9.31. The third-order valence-corrected chi connectivity index (χ3v) is 11.7. The normalized spacial score (nSPS) is 19.7. The highest BCUT2D eigenvalue weighted by molar-refractivity contribution is 7.25. The molecule has 0 atom stereocenters. The lowest BCUT2D eigenvalue weighted by atomic mass is 9.35. The maximum atomic E-state index is 10.2. The molecule has 0 amide bonds. The minimum Gasteiger partial charge on any atom is -0.468 e. The molecule has 3 aliphatic rings. The fourth-order valence-electron chi connectivity index (χ4n) is 8.39. The van der Waals surface area contributed by atoms with Gasteiger partial charge in [-0.15, -0.1) is 11.3 Å². The lowest BCUT2D eigenvalue weighted by Crippen LogP contribution is -2.61. The summed E-state index contributed by atoms with van der Waals surface area (Å²) in [6.07, 6.45) is 0. The smallest absolute Gasteiger partial charge is 0.297 e. The zero-order chi connectivity index (χ0) is 55.6. The van der Waals surface area contributed by atoms with E-state index in [1.807, 2.05) is 0 Å². The Hall–Kier alpha value is -6.24. The zero-order valence-electron chi connectivity index (χ0n) is 51.2. The summed E-state index contributed by atoms with van der Waals surface area (Å²) in [6.45, 7) is 4.99. The lowest BCUT2D eigenvalue weighted by molar-refractivity contribution is 0.590. The predicted octanol–water partition coefficient (Wildman–Crippen LogP) is 11.9. The van der Waals surface area contributed by atoms with E-state index < -0.39 is 139 Å². The van der Waals surface area contributed by atoms with Gasteiger partial charge in [-0.1, -0.05) is 87.2 Å². The molecule has 0 unspecified atom stereocenters. The van der Waals surface area contributed by atoms with Crippen LogP contribution in [0.4, 0.5) is 34.1 Å². The number of hydrogen-bond donors (Lipinski definition) is 0. The predicted molar refractivity (Wildman–Crippen MR) is 234 cm³/mol. The van der Waals surface area contributed by atoms with Crippen LogP contribution in [0.2, 0.25) is 0 Å². The second kappa shape index (κ2) is 10.1. The van der Waals surface area contributed by atoms with Gasteiger partial charge in [0.15, 0.2) is 0 Å². The molecule has 4 nitrogen and oxygen atoms in total. The summed E-state index contributed by atoms with van der Waals surface area (Å²) in [5.41, 5.74) is -4.31. The molecule has 0 spiro atoms. The third kappa shape index (κ3) is 3.73. The summed E-state index contributed by atoms with van der Waals surface area (Å²) >= 11 is 0.786. The molecule has 7 aromatic carbocycles. The van der Waals surface area contributed by atoms with Gasteiger partial charge in [0.1, 0.15) is 5.58 Å². The molecule has 0 saturated heterocycles. The number of anilines is 6. The van der Waals surface area contributed by atoms with Crippen molar-refractivity contribution in [1.29, 1.82) is 0 Å². The van der Waals surface area contributed by atoms with Crippen molar-refractivity contribution < 1.29 is 34.6 Å². The van der Waals surface area contributed by atoms with Crippen molar-refractivity contribution in [2.45, 2.75) is 33.1 Å². The van der Waals surface area contributed by atoms with Crippen LogP contribution in [0.25, 0.3) is 58.6 Å². The van der Waals surface area contributed by atoms with Crippen molar-refractivity contribution in [2.75, 3.05) is 9.80 Å². The molecule has 0 aliphatic carbocycles. The molecule has 260 valence electrons. The van der Waals surface area contributed by atoms with Gasteiger partial charge in [0.2, 0.25) is 0 Å². The number of aromatic nitrogens is 1. The van der Waals surface area contributed by atoms with Gasteiger partial charge in [0.05, 0.1) is 69.6 Å². The largest absolute Gasteiger partial charge is 0.468 e. The monoisotopic (exact) mass is 745 g/mol. The highest BCUT2D eigenvalue weighted by Gasteiger charge is 2.48. The van der Waals surface area contributed by atoms with Crippen LogP contribution in [0, 0.1) is 6.92 Å². The molecule has 3 aromatic heterocycles. The highest BCUT2D eigenvalue weighted by atomic mass is 32.1. The van der Waals surface area contributed by atoms with E-state index in [0.717, 1.165) is 11.3 Å². The molecule has 0 bridgehead atoms. The van der Waals surface area contributed by atoms with Gasteiger partial charge in [-0.25, -0.2) is 0 Å². The molecule has 13 rings (SSSR count). The van der Waals surface area contributed by atoms with Gasteiger partial charge in [-0.3, -0.25) is 0 Å². The van der Waals surface area contributed by atoms with E-state index >= 15 is 0 Å². The average molecular weight is 746 g/mol. The number of nitrogens with zero attached hydrogens (tertiary/aromatic N) is 3. The summed E-state index contributed by atoms with van der Waals surface area (Å²) < 4.78 is 215. The Morgan fingerprint density at radius 1 is 0.618 bits per heavy atom. The van der Waals surface area contributed by atoms with Gasteiger partial charge in [0.25, 0.3) is 6.71 Å². The highest BCUT2D eigenvalue weighted by Crippen LogP contribution is 2.53. The Morgan fingerprint density at radius 3 is 2.24 bits per heavy atom. The van der Waals surface area contributed by atoms with Gasteiger partial charge in [-0.05, 0) is 101 Å². The minimum absolute atomic E-state index is 0.00781. The van der Waals surface area contributed by atoms with Gasteiger partial charge < -0.3 is 18.8 Å². The van der Waals surface area contributed by atoms with E-state index in [9.17, 15) is 21.9 Å². The fraction of sp³-hybridized carbons (Fsp3) is 0.102. The molecule has 10 aromatic rings. The second-order valence-corrected chi connectivity index (χ2v) is 15.9. The molecular formula is C49H34BN3OS. The van der Waals surface area contributed by atoms with E-state index in [1.165, 1.54) is 21.3 Å². The van der Waals surface area contributed by atoms with Crippen molar-refractivity contribution in [1.82, 2.24) is 4.57 Å². The SMILES string of the molecule is [2H]c1c([2H])c2c3c(c1[2H])-n1c4c([2H])c([2H])c([2H])c([2H])c4c4c([2H])c([2H])c([2H])c(c41)N3c1c([2H])c(C)c([2H])c3c1B2c1oc2c([2H])c([2H])c(C(C)(C)C)c([2H])c2c1N3c1c([2H])c([2H])c2sc3c([2H])c([2H])c([2H])c([2H])c3c2c1[2H]. The summed E-state index contributed by atoms with van der Waals surface area (Å²) in [4.78, 5) is 2.52. The van der Waals surface area contributed by atoms with Crippen molar-refractivity contribution >= 4 is 122 Å². The Bertz CT molecular complexity index is 4630. The van der Waals surface area contributed by atoms with E-state index in [-0.39, 0.29) is 127 Å². The van der Waals surface area contributed by atoms with Crippen LogP contribution in [0.1, 0.15) is 62.1 Å². The molecule has 6 heterocycles. The van der Waals surface area contributed by atoms with Crippen LogP contribution >= 0.6 is 11.3 Å². The molecule has 0 N–H and O–H groups in total. The molecule has 3 aliphatic heterocycles. The number of para-hydroxylation sites is 3. The van der Waals surface area contributed by atoms with E-state index in [2.05, 4.69) is 0 Å². The van der Waals surface area contributed by atoms with Crippen LogP contribution in [0.5, 0.6) is 0 Å². The Balaban J connectivity index is 1.31. The summed E-state index contributed by atoms with van der Waals surface area (Å²) in [7, 11) is 0. The van der Waals surface area contributed by atoms with Crippen molar-refractivity contribution in [3.63, 3.8) is 0 Å². The van der Waals surface area contributed by atoms with Crippen molar-refractivity contribution in [2.24, 2.45) is 0 Å². The first-order chi connectivity index (χ1) is 36.0. The van der Waals surface area contributed by atoms with Gasteiger partial charge >= 0.3 is 0 Å². The summed E-state index contributed by atoms with van der Waals surface area (Å²) in [6, 6.07) is -12.7. The van der Waals surface area contributed by atoms with Crippen LogP contribution in [-0.4, -0.2) is 11.3 Å². The molecule has 0 fully saturated rings. The summed E-state index contributed by atoms with van der Waals surface area (Å²) in [5, 5.41) is -0.934. The number of fused-ring (bicyclic) bond motifs is 14. The minimum atomic E-state index is -1.61. The zero-order valence-corrected chi connectivity index (χ0v) is 30.1. The number of hydrogen-bond acceptors (Lipinski definition) is 4. The van der Waals surface area contributed by atoms with Crippen molar-refractivity contribution in [3.8, 4) is 5.69 Å². The summed E-state index contributed by atoms with van der Waals surface area (Å²) in [5.74, 6) is 0. The Morgan fingerprint density at radius 2 is 1.36 bits per heavy atom. The average Bonchev–Trinajstić information content (AvgIpc) is 4.34. The lowest BCUT2D eigenvalue weighted by Gasteiger charge is -2.45. The first-order valence-electron chi connectivity index (χ1n) is 28.4. The van der Waals surface area contributed by atoms with Crippen molar-refractivity contribution in [3.05, 3.63) is 144 Å². The first-order valence-corrected chi connectivity index (χ1v) is 18.3. The van der Waals surface area contributed by atoms with Crippen LogP contribution in [0.15, 0.2) is 137 Å². The Labute approximate surface area is 353 Å². The molecule has 0 radical (unpaired) electrons. The number of thiophene rings is 1.